The first kappa shape index (κ1) is 12.6. The Hall–Kier alpha value is -1.81. The van der Waals surface area contributed by atoms with Gasteiger partial charge in [0.05, 0.1) is 0 Å². The maximum Gasteiger partial charge on any atom is 0.253 e. The van der Waals surface area contributed by atoms with E-state index in [2.05, 4.69) is 6.07 Å². The molecule has 94 valence electrons. The molecule has 1 amide bonds. The monoisotopic (exact) mass is 261 g/mol. The molecule has 2 aromatic rings. The van der Waals surface area contributed by atoms with Crippen LogP contribution >= 0.6 is 11.3 Å². The average molecular weight is 261 g/mol. The van der Waals surface area contributed by atoms with Crippen LogP contribution in [0.5, 0.6) is 5.75 Å². The summed E-state index contributed by atoms with van der Waals surface area (Å²) in [6.45, 7) is 0.676. The summed E-state index contributed by atoms with van der Waals surface area (Å²) < 4.78 is 0. The van der Waals surface area contributed by atoms with Crippen molar-refractivity contribution in [3.63, 3.8) is 0 Å². The number of amides is 1. The van der Waals surface area contributed by atoms with Gasteiger partial charge in [-0.3, -0.25) is 4.79 Å². The molecule has 0 spiro atoms. The average Bonchev–Trinajstić information content (AvgIpc) is 2.88. The molecule has 0 atom stereocenters. The fraction of sp³-hybridized carbons (Fsp3) is 0.214. The van der Waals surface area contributed by atoms with Gasteiger partial charge in [0.2, 0.25) is 0 Å². The summed E-state index contributed by atoms with van der Waals surface area (Å²) in [6, 6.07) is 10.5. The molecule has 0 aliphatic heterocycles. The van der Waals surface area contributed by atoms with Gasteiger partial charge >= 0.3 is 0 Å². The summed E-state index contributed by atoms with van der Waals surface area (Å²) >= 11 is 1.70. The minimum Gasteiger partial charge on any atom is -0.508 e. The van der Waals surface area contributed by atoms with Crippen molar-refractivity contribution >= 4 is 17.2 Å². The molecule has 2 rings (SSSR count). The zero-order valence-electron chi connectivity index (χ0n) is 10.2. The number of carbonyl (C=O) groups excluding carboxylic acids is 1. The first-order valence-electron chi connectivity index (χ1n) is 5.73. The zero-order valence-corrected chi connectivity index (χ0v) is 11.0. The quantitative estimate of drug-likeness (QED) is 0.919. The highest BCUT2D eigenvalue weighted by Gasteiger charge is 2.11. The van der Waals surface area contributed by atoms with E-state index in [0.717, 1.165) is 6.42 Å². The van der Waals surface area contributed by atoms with Crippen molar-refractivity contribution in [1.29, 1.82) is 0 Å². The van der Waals surface area contributed by atoms with Gasteiger partial charge in [0.1, 0.15) is 5.75 Å². The maximum absolute atomic E-state index is 12.1. The highest BCUT2D eigenvalue weighted by molar-refractivity contribution is 7.09. The van der Waals surface area contributed by atoms with E-state index in [4.69, 9.17) is 0 Å². The molecule has 0 bridgehead atoms. The Balaban J connectivity index is 1.96. The number of hydrogen-bond donors (Lipinski definition) is 1. The van der Waals surface area contributed by atoms with E-state index in [1.807, 2.05) is 11.4 Å². The van der Waals surface area contributed by atoms with E-state index in [-0.39, 0.29) is 11.7 Å². The van der Waals surface area contributed by atoms with Gasteiger partial charge in [-0.15, -0.1) is 11.3 Å². The third-order valence-electron chi connectivity index (χ3n) is 2.71. The minimum atomic E-state index is -0.0672. The van der Waals surface area contributed by atoms with Gasteiger partial charge in [0, 0.05) is 24.0 Å². The fourth-order valence-corrected chi connectivity index (χ4v) is 2.39. The van der Waals surface area contributed by atoms with Crippen LogP contribution in [-0.4, -0.2) is 29.5 Å². The predicted molar refractivity (Wildman–Crippen MR) is 73.1 cm³/mol. The Labute approximate surface area is 110 Å². The van der Waals surface area contributed by atoms with Crippen molar-refractivity contribution in [2.75, 3.05) is 13.6 Å². The number of likely N-dealkylation sites (N-methyl/N-ethyl adjacent to an activating group) is 1. The number of phenolic OH excluding ortho intramolecular Hbond substituents is 1. The van der Waals surface area contributed by atoms with E-state index in [1.54, 1.807) is 41.5 Å². The van der Waals surface area contributed by atoms with E-state index >= 15 is 0 Å². The lowest BCUT2D eigenvalue weighted by Crippen LogP contribution is -2.28. The second kappa shape index (κ2) is 5.69. The van der Waals surface area contributed by atoms with E-state index < -0.39 is 0 Å². The molecule has 0 saturated heterocycles. The number of benzene rings is 1. The Morgan fingerprint density at radius 1 is 1.33 bits per heavy atom. The number of carbonyl (C=O) groups is 1. The minimum absolute atomic E-state index is 0.0672. The summed E-state index contributed by atoms with van der Waals surface area (Å²) in [7, 11) is 1.78. The van der Waals surface area contributed by atoms with Crippen LogP contribution in [0.2, 0.25) is 0 Å². The number of nitrogens with zero attached hydrogens (tertiary/aromatic N) is 1. The lowest BCUT2D eigenvalue weighted by Gasteiger charge is -2.16. The first-order valence-corrected chi connectivity index (χ1v) is 6.61. The summed E-state index contributed by atoms with van der Waals surface area (Å²) in [5, 5.41) is 11.4. The molecule has 0 aliphatic carbocycles. The van der Waals surface area contributed by atoms with Crippen molar-refractivity contribution in [2.24, 2.45) is 0 Å². The van der Waals surface area contributed by atoms with Crippen molar-refractivity contribution in [2.45, 2.75) is 6.42 Å². The smallest absolute Gasteiger partial charge is 0.253 e. The SMILES string of the molecule is CN(CCc1cccs1)C(=O)c1cccc(O)c1. The van der Waals surface area contributed by atoms with Crippen molar-refractivity contribution < 1.29 is 9.90 Å². The molecule has 4 heteroatoms. The van der Waals surface area contributed by atoms with Crippen LogP contribution in [0, 0.1) is 0 Å². The van der Waals surface area contributed by atoms with Crippen LogP contribution < -0.4 is 0 Å². The molecular weight excluding hydrogens is 246 g/mol. The van der Waals surface area contributed by atoms with Gasteiger partial charge in [-0.05, 0) is 36.1 Å². The first-order chi connectivity index (χ1) is 8.66. The topological polar surface area (TPSA) is 40.5 Å². The third kappa shape index (κ3) is 3.11. The lowest BCUT2D eigenvalue weighted by molar-refractivity contribution is 0.0796. The standard InChI is InChI=1S/C14H15NO2S/c1-15(8-7-13-6-3-9-18-13)14(17)11-4-2-5-12(16)10-11/h2-6,9-10,16H,7-8H2,1H3. The third-order valence-corrected chi connectivity index (χ3v) is 3.65. The summed E-state index contributed by atoms with van der Waals surface area (Å²) in [5.74, 6) is 0.0509. The van der Waals surface area contributed by atoms with Crippen LogP contribution in [0.4, 0.5) is 0 Å². The Bertz CT molecular complexity index is 522. The van der Waals surface area contributed by atoms with Gasteiger partial charge in [0.15, 0.2) is 0 Å². The van der Waals surface area contributed by atoms with Crippen LogP contribution in [0.3, 0.4) is 0 Å². The van der Waals surface area contributed by atoms with Crippen molar-refractivity contribution in [3.05, 3.63) is 52.2 Å². The Morgan fingerprint density at radius 3 is 2.83 bits per heavy atom. The molecule has 1 N–H and O–H groups in total. The molecule has 18 heavy (non-hydrogen) atoms. The molecule has 0 fully saturated rings. The van der Waals surface area contributed by atoms with E-state index in [0.29, 0.717) is 12.1 Å². The molecule has 1 heterocycles. The number of rotatable bonds is 4. The predicted octanol–water partition coefficient (Wildman–Crippen LogP) is 2.77. The van der Waals surface area contributed by atoms with Gasteiger partial charge in [-0.25, -0.2) is 0 Å². The number of hydrogen-bond acceptors (Lipinski definition) is 3. The second-order valence-corrected chi connectivity index (χ2v) is 5.14. The van der Waals surface area contributed by atoms with Gasteiger partial charge in [-0.2, -0.15) is 0 Å². The fourth-order valence-electron chi connectivity index (χ4n) is 1.69. The van der Waals surface area contributed by atoms with Gasteiger partial charge in [0.25, 0.3) is 5.91 Å². The lowest BCUT2D eigenvalue weighted by atomic mass is 10.2. The van der Waals surface area contributed by atoms with Crippen molar-refractivity contribution in [1.82, 2.24) is 4.90 Å². The largest absolute Gasteiger partial charge is 0.508 e. The highest BCUT2D eigenvalue weighted by Crippen LogP contribution is 2.14. The van der Waals surface area contributed by atoms with Gasteiger partial charge < -0.3 is 10.0 Å². The van der Waals surface area contributed by atoms with Crippen LogP contribution in [0.25, 0.3) is 0 Å². The zero-order chi connectivity index (χ0) is 13.0. The van der Waals surface area contributed by atoms with Crippen LogP contribution in [0.1, 0.15) is 15.2 Å². The van der Waals surface area contributed by atoms with E-state index in [9.17, 15) is 9.90 Å². The summed E-state index contributed by atoms with van der Waals surface area (Å²) in [5.41, 5.74) is 0.517. The molecule has 1 aromatic carbocycles. The molecule has 3 nitrogen and oxygen atoms in total. The molecule has 0 saturated carbocycles. The second-order valence-electron chi connectivity index (χ2n) is 4.11. The van der Waals surface area contributed by atoms with Crippen LogP contribution in [0.15, 0.2) is 41.8 Å². The molecular formula is C14H15NO2S. The maximum atomic E-state index is 12.1. The normalized spacial score (nSPS) is 10.3. The molecule has 0 unspecified atom stereocenters. The Morgan fingerprint density at radius 2 is 2.17 bits per heavy atom. The number of thiophene rings is 1. The molecule has 0 aliphatic rings. The summed E-state index contributed by atoms with van der Waals surface area (Å²) in [4.78, 5) is 15.0. The number of aromatic hydroxyl groups is 1. The Kier molecular flexibility index (Phi) is 3.99. The summed E-state index contributed by atoms with van der Waals surface area (Å²) in [6.07, 6.45) is 0.860. The van der Waals surface area contributed by atoms with E-state index in [1.165, 1.54) is 10.9 Å². The highest BCUT2D eigenvalue weighted by atomic mass is 32.1. The van der Waals surface area contributed by atoms with Gasteiger partial charge in [-0.1, -0.05) is 12.1 Å². The number of phenols is 1. The van der Waals surface area contributed by atoms with Crippen LogP contribution in [-0.2, 0) is 6.42 Å². The molecule has 0 radical (unpaired) electrons. The molecule has 1 aromatic heterocycles. The van der Waals surface area contributed by atoms with Crippen molar-refractivity contribution in [3.8, 4) is 5.75 Å².